The van der Waals surface area contributed by atoms with Gasteiger partial charge in [-0.3, -0.25) is 0 Å². The molecule has 0 aliphatic heterocycles. The highest BCUT2D eigenvalue weighted by Gasteiger charge is 2.15. The molecule has 1 aromatic rings. The maximum atomic E-state index is 9.48. The first-order chi connectivity index (χ1) is 8.65. The summed E-state index contributed by atoms with van der Waals surface area (Å²) in [7, 11) is 3.22. The number of hydrogen-bond acceptors (Lipinski definition) is 4. The van der Waals surface area contributed by atoms with E-state index in [0.29, 0.717) is 17.5 Å². The lowest BCUT2D eigenvalue weighted by Crippen LogP contribution is -2.32. The van der Waals surface area contributed by atoms with E-state index in [2.05, 4.69) is 19.2 Å². The molecule has 0 fully saturated rings. The van der Waals surface area contributed by atoms with Crippen LogP contribution < -0.4 is 14.8 Å². The number of hydrogen-bond donors (Lipinski definition) is 2. The fourth-order valence-electron chi connectivity index (χ4n) is 1.79. The monoisotopic (exact) mass is 253 g/mol. The first-order valence-corrected chi connectivity index (χ1v) is 6.25. The molecule has 0 aliphatic rings. The molecule has 4 nitrogen and oxygen atoms in total. The number of aliphatic hydroxyl groups excluding tert-OH is 1. The maximum Gasteiger partial charge on any atom is 0.161 e. The summed E-state index contributed by atoms with van der Waals surface area (Å²) in [6.45, 7) is 4.27. The van der Waals surface area contributed by atoms with Gasteiger partial charge in [0.15, 0.2) is 11.5 Å². The molecule has 0 saturated carbocycles. The second-order valence-electron chi connectivity index (χ2n) is 4.33. The summed E-state index contributed by atoms with van der Waals surface area (Å²) >= 11 is 0. The molecule has 0 bridgehead atoms. The van der Waals surface area contributed by atoms with Crippen LogP contribution in [0.4, 0.5) is 0 Å². The third-order valence-corrected chi connectivity index (χ3v) is 3.09. The van der Waals surface area contributed by atoms with Gasteiger partial charge in [-0.15, -0.1) is 0 Å². The van der Waals surface area contributed by atoms with Crippen LogP contribution in [-0.2, 0) is 0 Å². The number of ether oxygens (including phenoxy) is 2. The van der Waals surface area contributed by atoms with Crippen molar-refractivity contribution in [3.63, 3.8) is 0 Å². The molecule has 4 heteroatoms. The van der Waals surface area contributed by atoms with E-state index < -0.39 is 0 Å². The zero-order valence-electron chi connectivity index (χ0n) is 11.6. The van der Waals surface area contributed by atoms with Gasteiger partial charge in [-0.2, -0.15) is 0 Å². The minimum absolute atomic E-state index is 0.0554. The highest BCUT2D eigenvalue weighted by Crippen LogP contribution is 2.30. The molecule has 102 valence electrons. The molecular weight excluding hydrogens is 230 g/mol. The smallest absolute Gasteiger partial charge is 0.161 e. The van der Waals surface area contributed by atoms with Crippen molar-refractivity contribution >= 4 is 0 Å². The second kappa shape index (κ2) is 7.24. The third kappa shape index (κ3) is 3.62. The Bertz CT molecular complexity index is 368. The standard InChI is InChI=1S/C14H23NO3/c1-5-10(2)15-12(9-16)11-6-7-13(17-3)14(8-11)18-4/h6-8,10,12,15-16H,5,9H2,1-4H3. The van der Waals surface area contributed by atoms with Crippen LogP contribution in [0.15, 0.2) is 18.2 Å². The van der Waals surface area contributed by atoms with Gasteiger partial charge in [0.2, 0.25) is 0 Å². The van der Waals surface area contributed by atoms with Gasteiger partial charge in [-0.1, -0.05) is 13.0 Å². The molecule has 1 aromatic carbocycles. The van der Waals surface area contributed by atoms with E-state index in [0.717, 1.165) is 12.0 Å². The minimum Gasteiger partial charge on any atom is -0.493 e. The quantitative estimate of drug-likeness (QED) is 0.781. The predicted molar refractivity (Wildman–Crippen MR) is 72.3 cm³/mol. The van der Waals surface area contributed by atoms with Gasteiger partial charge in [-0.05, 0) is 31.0 Å². The Morgan fingerprint density at radius 1 is 1.22 bits per heavy atom. The van der Waals surface area contributed by atoms with Crippen molar-refractivity contribution in [3.8, 4) is 11.5 Å². The first-order valence-electron chi connectivity index (χ1n) is 6.25. The summed E-state index contributed by atoms with van der Waals surface area (Å²) in [6.07, 6.45) is 1.02. The Kier molecular flexibility index (Phi) is 5.95. The van der Waals surface area contributed by atoms with E-state index >= 15 is 0 Å². The second-order valence-corrected chi connectivity index (χ2v) is 4.33. The molecule has 1 rings (SSSR count). The van der Waals surface area contributed by atoms with Crippen LogP contribution in [0.1, 0.15) is 31.9 Å². The van der Waals surface area contributed by atoms with Crippen molar-refractivity contribution in [1.82, 2.24) is 5.32 Å². The van der Waals surface area contributed by atoms with Crippen LogP contribution in [0.5, 0.6) is 11.5 Å². The van der Waals surface area contributed by atoms with Crippen molar-refractivity contribution in [2.75, 3.05) is 20.8 Å². The minimum atomic E-state index is -0.0836. The molecule has 0 aromatic heterocycles. The lowest BCUT2D eigenvalue weighted by molar-refractivity contribution is 0.233. The average Bonchev–Trinajstić information content (AvgIpc) is 2.43. The van der Waals surface area contributed by atoms with Gasteiger partial charge in [0.1, 0.15) is 0 Å². The molecule has 0 aliphatic carbocycles. The molecule has 0 amide bonds. The van der Waals surface area contributed by atoms with Crippen molar-refractivity contribution in [2.24, 2.45) is 0 Å². The molecule has 2 N–H and O–H groups in total. The Morgan fingerprint density at radius 2 is 1.89 bits per heavy atom. The van der Waals surface area contributed by atoms with Crippen LogP contribution >= 0.6 is 0 Å². The first kappa shape index (κ1) is 14.8. The Balaban J connectivity index is 2.92. The van der Waals surface area contributed by atoms with Gasteiger partial charge in [0, 0.05) is 6.04 Å². The highest BCUT2D eigenvalue weighted by atomic mass is 16.5. The molecular formula is C14H23NO3. The zero-order chi connectivity index (χ0) is 13.5. The zero-order valence-corrected chi connectivity index (χ0v) is 11.6. The van der Waals surface area contributed by atoms with E-state index in [9.17, 15) is 5.11 Å². The molecule has 18 heavy (non-hydrogen) atoms. The van der Waals surface area contributed by atoms with Crippen LogP contribution in [-0.4, -0.2) is 32.0 Å². The van der Waals surface area contributed by atoms with Gasteiger partial charge >= 0.3 is 0 Å². The Labute approximate surface area is 109 Å². The normalized spacial score (nSPS) is 14.1. The summed E-state index contributed by atoms with van der Waals surface area (Å²) in [5, 5.41) is 12.9. The number of benzene rings is 1. The highest BCUT2D eigenvalue weighted by molar-refractivity contribution is 5.43. The molecule has 0 heterocycles. The van der Waals surface area contributed by atoms with E-state index in [1.807, 2.05) is 18.2 Å². The lowest BCUT2D eigenvalue weighted by Gasteiger charge is -2.22. The summed E-state index contributed by atoms with van der Waals surface area (Å²) in [5.74, 6) is 1.38. The topological polar surface area (TPSA) is 50.7 Å². The fourth-order valence-corrected chi connectivity index (χ4v) is 1.79. The fraction of sp³-hybridized carbons (Fsp3) is 0.571. The van der Waals surface area contributed by atoms with E-state index in [1.54, 1.807) is 14.2 Å². The summed E-state index contributed by atoms with van der Waals surface area (Å²) in [5.41, 5.74) is 0.996. The Morgan fingerprint density at radius 3 is 2.39 bits per heavy atom. The van der Waals surface area contributed by atoms with Gasteiger partial charge in [0.25, 0.3) is 0 Å². The molecule has 0 saturated heterocycles. The van der Waals surface area contributed by atoms with E-state index in [1.165, 1.54) is 0 Å². The van der Waals surface area contributed by atoms with Gasteiger partial charge in [0.05, 0.1) is 26.9 Å². The van der Waals surface area contributed by atoms with Crippen LogP contribution in [0.2, 0.25) is 0 Å². The summed E-state index contributed by atoms with van der Waals surface area (Å²) < 4.78 is 10.5. The lowest BCUT2D eigenvalue weighted by atomic mass is 10.1. The van der Waals surface area contributed by atoms with Crippen molar-refractivity contribution < 1.29 is 14.6 Å². The summed E-state index contributed by atoms with van der Waals surface area (Å²) in [4.78, 5) is 0. The molecule has 2 atom stereocenters. The molecule has 2 unspecified atom stereocenters. The number of aliphatic hydroxyl groups is 1. The number of nitrogens with one attached hydrogen (secondary N) is 1. The van der Waals surface area contributed by atoms with Crippen molar-refractivity contribution in [1.29, 1.82) is 0 Å². The van der Waals surface area contributed by atoms with Crippen LogP contribution in [0.25, 0.3) is 0 Å². The molecule has 0 spiro atoms. The third-order valence-electron chi connectivity index (χ3n) is 3.09. The van der Waals surface area contributed by atoms with Crippen LogP contribution in [0.3, 0.4) is 0 Å². The Hall–Kier alpha value is -1.26. The number of methoxy groups -OCH3 is 2. The maximum absolute atomic E-state index is 9.48. The summed E-state index contributed by atoms with van der Waals surface area (Å²) in [6, 6.07) is 5.97. The van der Waals surface area contributed by atoms with Crippen molar-refractivity contribution in [2.45, 2.75) is 32.4 Å². The van der Waals surface area contributed by atoms with E-state index in [-0.39, 0.29) is 12.6 Å². The van der Waals surface area contributed by atoms with Crippen molar-refractivity contribution in [3.05, 3.63) is 23.8 Å². The average molecular weight is 253 g/mol. The largest absolute Gasteiger partial charge is 0.493 e. The van der Waals surface area contributed by atoms with E-state index in [4.69, 9.17) is 9.47 Å². The molecule has 0 radical (unpaired) electrons. The SMILES string of the molecule is CCC(C)NC(CO)c1ccc(OC)c(OC)c1. The van der Waals surface area contributed by atoms with Crippen LogP contribution in [0, 0.1) is 0 Å². The van der Waals surface area contributed by atoms with Gasteiger partial charge in [-0.25, -0.2) is 0 Å². The van der Waals surface area contributed by atoms with Gasteiger partial charge < -0.3 is 19.9 Å². The predicted octanol–water partition coefficient (Wildman–Crippen LogP) is 2.13. The number of rotatable bonds is 7.